The molecule has 0 unspecified atom stereocenters. The SMILES string of the molecule is CCOC(=O)c1c(NC(=O)c2ccccc2F)sc(C)c1-c1ccc(OC)c(OC)c1. The predicted octanol–water partition coefficient (Wildman–Crippen LogP) is 5.31. The number of aryl methyl sites for hydroxylation is 1. The van der Waals surface area contributed by atoms with Gasteiger partial charge >= 0.3 is 5.97 Å². The van der Waals surface area contributed by atoms with Gasteiger partial charge in [0.15, 0.2) is 11.5 Å². The molecule has 6 nitrogen and oxygen atoms in total. The summed E-state index contributed by atoms with van der Waals surface area (Å²) in [5.74, 6) is -0.836. The van der Waals surface area contributed by atoms with E-state index in [1.54, 1.807) is 31.2 Å². The van der Waals surface area contributed by atoms with Gasteiger partial charge in [0.2, 0.25) is 0 Å². The molecule has 0 radical (unpaired) electrons. The van der Waals surface area contributed by atoms with Crippen LogP contribution < -0.4 is 14.8 Å². The summed E-state index contributed by atoms with van der Waals surface area (Å²) >= 11 is 1.21. The highest BCUT2D eigenvalue weighted by atomic mass is 32.1. The molecule has 162 valence electrons. The maximum absolute atomic E-state index is 14.1. The molecule has 1 N–H and O–H groups in total. The van der Waals surface area contributed by atoms with Crippen molar-refractivity contribution in [1.82, 2.24) is 0 Å². The zero-order chi connectivity index (χ0) is 22.5. The van der Waals surface area contributed by atoms with E-state index in [0.29, 0.717) is 22.6 Å². The summed E-state index contributed by atoms with van der Waals surface area (Å²) in [6.45, 7) is 3.70. The fourth-order valence-corrected chi connectivity index (χ4v) is 4.25. The number of carbonyl (C=O) groups is 2. The van der Waals surface area contributed by atoms with Gasteiger partial charge in [-0.3, -0.25) is 4.79 Å². The van der Waals surface area contributed by atoms with Crippen LogP contribution in [0, 0.1) is 12.7 Å². The molecule has 2 aromatic carbocycles. The van der Waals surface area contributed by atoms with Gasteiger partial charge in [0.05, 0.1) is 26.4 Å². The first kappa shape index (κ1) is 22.3. The molecule has 1 aromatic heterocycles. The Bertz CT molecular complexity index is 1130. The van der Waals surface area contributed by atoms with Crippen molar-refractivity contribution in [2.75, 3.05) is 26.1 Å². The lowest BCUT2D eigenvalue weighted by Gasteiger charge is -2.12. The molecular formula is C23H22FNO5S. The number of amides is 1. The topological polar surface area (TPSA) is 73.9 Å². The van der Waals surface area contributed by atoms with Gasteiger partial charge in [0.1, 0.15) is 16.4 Å². The lowest BCUT2D eigenvalue weighted by Crippen LogP contribution is -2.16. The number of anilines is 1. The highest BCUT2D eigenvalue weighted by molar-refractivity contribution is 7.17. The molecule has 0 bridgehead atoms. The van der Waals surface area contributed by atoms with E-state index in [1.165, 1.54) is 43.8 Å². The summed E-state index contributed by atoms with van der Waals surface area (Å²) in [6.07, 6.45) is 0. The average molecular weight is 443 g/mol. The number of thiophene rings is 1. The van der Waals surface area contributed by atoms with Crippen LogP contribution in [0.25, 0.3) is 11.1 Å². The number of nitrogens with one attached hydrogen (secondary N) is 1. The molecule has 0 spiro atoms. The molecule has 0 saturated carbocycles. The van der Waals surface area contributed by atoms with Crippen LogP contribution in [-0.2, 0) is 4.74 Å². The van der Waals surface area contributed by atoms with E-state index in [2.05, 4.69) is 5.32 Å². The van der Waals surface area contributed by atoms with Crippen LogP contribution in [-0.4, -0.2) is 32.7 Å². The number of hydrogen-bond donors (Lipinski definition) is 1. The monoisotopic (exact) mass is 443 g/mol. The summed E-state index contributed by atoms with van der Waals surface area (Å²) in [4.78, 5) is 26.3. The summed E-state index contributed by atoms with van der Waals surface area (Å²) in [7, 11) is 3.06. The Morgan fingerprint density at radius 3 is 2.42 bits per heavy atom. The van der Waals surface area contributed by atoms with E-state index in [0.717, 1.165) is 4.88 Å². The molecule has 1 amide bonds. The summed E-state index contributed by atoms with van der Waals surface area (Å²) in [5, 5.41) is 2.96. The summed E-state index contributed by atoms with van der Waals surface area (Å²) in [6, 6.07) is 10.9. The fourth-order valence-electron chi connectivity index (χ4n) is 3.19. The highest BCUT2D eigenvalue weighted by Crippen LogP contribution is 2.43. The lowest BCUT2D eigenvalue weighted by molar-refractivity contribution is 0.0529. The number of benzene rings is 2. The molecule has 0 saturated heterocycles. The Kier molecular flexibility index (Phi) is 6.91. The van der Waals surface area contributed by atoms with Gasteiger partial charge in [-0.25, -0.2) is 9.18 Å². The molecule has 0 aliphatic carbocycles. The summed E-state index contributed by atoms with van der Waals surface area (Å²) in [5.41, 5.74) is 1.39. The van der Waals surface area contributed by atoms with E-state index in [-0.39, 0.29) is 22.7 Å². The minimum atomic E-state index is -0.649. The van der Waals surface area contributed by atoms with Crippen LogP contribution in [0.2, 0.25) is 0 Å². The Morgan fingerprint density at radius 2 is 1.77 bits per heavy atom. The molecule has 3 aromatic rings. The second-order valence-electron chi connectivity index (χ2n) is 6.46. The highest BCUT2D eigenvalue weighted by Gasteiger charge is 2.27. The molecular weight excluding hydrogens is 421 g/mol. The maximum atomic E-state index is 14.1. The number of esters is 1. The van der Waals surface area contributed by atoms with E-state index >= 15 is 0 Å². The number of hydrogen-bond acceptors (Lipinski definition) is 6. The van der Waals surface area contributed by atoms with Gasteiger partial charge < -0.3 is 19.5 Å². The third kappa shape index (κ3) is 4.54. The van der Waals surface area contributed by atoms with Crippen LogP contribution in [0.5, 0.6) is 11.5 Å². The average Bonchev–Trinajstić information content (AvgIpc) is 3.09. The third-order valence-electron chi connectivity index (χ3n) is 4.58. The molecule has 0 aliphatic rings. The van der Waals surface area contributed by atoms with Crippen molar-refractivity contribution in [2.45, 2.75) is 13.8 Å². The second-order valence-corrected chi connectivity index (χ2v) is 7.69. The molecule has 0 fully saturated rings. The number of ether oxygens (including phenoxy) is 3. The molecule has 3 rings (SSSR count). The van der Waals surface area contributed by atoms with Gasteiger partial charge in [0, 0.05) is 10.4 Å². The normalized spacial score (nSPS) is 10.5. The first-order chi connectivity index (χ1) is 14.9. The minimum absolute atomic E-state index is 0.115. The van der Waals surface area contributed by atoms with Crippen molar-refractivity contribution in [3.8, 4) is 22.6 Å². The number of halogens is 1. The zero-order valence-electron chi connectivity index (χ0n) is 17.6. The van der Waals surface area contributed by atoms with E-state index in [9.17, 15) is 14.0 Å². The first-order valence-electron chi connectivity index (χ1n) is 9.50. The van der Waals surface area contributed by atoms with Crippen molar-refractivity contribution in [2.24, 2.45) is 0 Å². The van der Waals surface area contributed by atoms with Crippen LogP contribution in [0.1, 0.15) is 32.5 Å². The number of rotatable bonds is 7. The van der Waals surface area contributed by atoms with Gasteiger partial charge in [-0.2, -0.15) is 0 Å². The molecule has 0 atom stereocenters. The molecule has 8 heteroatoms. The molecule has 1 heterocycles. The molecule has 0 aliphatic heterocycles. The van der Waals surface area contributed by atoms with E-state index in [1.807, 2.05) is 6.92 Å². The Balaban J connectivity index is 2.11. The predicted molar refractivity (Wildman–Crippen MR) is 118 cm³/mol. The summed E-state index contributed by atoms with van der Waals surface area (Å²) < 4.78 is 30.0. The largest absolute Gasteiger partial charge is 0.493 e. The van der Waals surface area contributed by atoms with Crippen molar-refractivity contribution in [1.29, 1.82) is 0 Å². The smallest absolute Gasteiger partial charge is 0.341 e. The Labute approximate surface area is 183 Å². The lowest BCUT2D eigenvalue weighted by atomic mass is 10.0. The number of carbonyl (C=O) groups excluding carboxylic acids is 2. The zero-order valence-corrected chi connectivity index (χ0v) is 18.4. The van der Waals surface area contributed by atoms with Gasteiger partial charge in [0.25, 0.3) is 5.91 Å². The Hall–Kier alpha value is -3.39. The minimum Gasteiger partial charge on any atom is -0.493 e. The van der Waals surface area contributed by atoms with Crippen LogP contribution in [0.15, 0.2) is 42.5 Å². The fraction of sp³-hybridized carbons (Fsp3) is 0.217. The number of methoxy groups -OCH3 is 2. The van der Waals surface area contributed by atoms with Crippen molar-refractivity contribution >= 4 is 28.2 Å². The van der Waals surface area contributed by atoms with Crippen molar-refractivity contribution in [3.63, 3.8) is 0 Å². The van der Waals surface area contributed by atoms with Crippen molar-refractivity contribution < 1.29 is 28.2 Å². The molecule has 31 heavy (non-hydrogen) atoms. The van der Waals surface area contributed by atoms with Crippen LogP contribution in [0.3, 0.4) is 0 Å². The van der Waals surface area contributed by atoms with Gasteiger partial charge in [-0.05, 0) is 43.7 Å². The van der Waals surface area contributed by atoms with Gasteiger partial charge in [-0.15, -0.1) is 11.3 Å². The third-order valence-corrected chi connectivity index (χ3v) is 5.60. The van der Waals surface area contributed by atoms with E-state index < -0.39 is 17.7 Å². The van der Waals surface area contributed by atoms with Crippen LogP contribution in [0.4, 0.5) is 9.39 Å². The first-order valence-corrected chi connectivity index (χ1v) is 10.3. The quantitative estimate of drug-likeness (QED) is 0.501. The van der Waals surface area contributed by atoms with Crippen molar-refractivity contribution in [3.05, 3.63) is 64.3 Å². The maximum Gasteiger partial charge on any atom is 0.341 e. The van der Waals surface area contributed by atoms with Gasteiger partial charge in [-0.1, -0.05) is 18.2 Å². The second kappa shape index (κ2) is 9.61. The van der Waals surface area contributed by atoms with E-state index in [4.69, 9.17) is 14.2 Å². The van der Waals surface area contributed by atoms with Crippen LogP contribution >= 0.6 is 11.3 Å². The standard InChI is InChI=1S/C23H22FNO5S/c1-5-30-23(27)20-19(14-10-11-17(28-3)18(12-14)29-4)13(2)31-22(20)25-21(26)15-8-6-7-9-16(15)24/h6-12H,5H2,1-4H3,(H,25,26). The Morgan fingerprint density at radius 1 is 1.06 bits per heavy atom.